The summed E-state index contributed by atoms with van der Waals surface area (Å²) in [5.74, 6) is -1.15. The molecule has 0 fully saturated rings. The minimum Gasteiger partial charge on any atom is -0.476 e. The molecule has 4 nitrogen and oxygen atoms in total. The third kappa shape index (κ3) is 3.18. The number of carboxylic acids is 1. The summed E-state index contributed by atoms with van der Waals surface area (Å²) >= 11 is 5.57. The summed E-state index contributed by atoms with van der Waals surface area (Å²) in [5.41, 5.74) is 0.304. The molecule has 5 heteroatoms. The highest BCUT2D eigenvalue weighted by molar-refractivity contribution is 6.29. The van der Waals surface area contributed by atoms with E-state index in [1.807, 2.05) is 0 Å². The molecule has 1 aromatic rings. The molecule has 0 spiro atoms. The van der Waals surface area contributed by atoms with Crippen molar-refractivity contribution >= 4 is 29.9 Å². The smallest absolute Gasteiger partial charge is 0.355 e. The molecule has 0 bridgehead atoms. The summed E-state index contributed by atoms with van der Waals surface area (Å²) in [6.07, 6.45) is 4.05. The monoisotopic (exact) mass is 225 g/mol. The number of carbonyl (C=O) groups is 2. The van der Waals surface area contributed by atoms with E-state index in [1.165, 1.54) is 12.1 Å². The largest absolute Gasteiger partial charge is 0.476 e. The second-order valence-corrected chi connectivity index (χ2v) is 3.07. The summed E-state index contributed by atoms with van der Waals surface area (Å²) in [6.45, 7) is 0. The lowest BCUT2D eigenvalue weighted by molar-refractivity contribution is -0.107. The van der Waals surface area contributed by atoms with Crippen molar-refractivity contribution in [3.05, 3.63) is 34.6 Å². The van der Waals surface area contributed by atoms with Crippen LogP contribution in [-0.2, 0) is 4.79 Å². The number of rotatable bonds is 4. The summed E-state index contributed by atoms with van der Waals surface area (Å²) in [7, 11) is 0. The van der Waals surface area contributed by atoms with Gasteiger partial charge >= 0.3 is 5.97 Å². The third-order valence-corrected chi connectivity index (χ3v) is 1.84. The highest BCUT2D eigenvalue weighted by Crippen LogP contribution is 2.13. The van der Waals surface area contributed by atoms with E-state index in [1.54, 1.807) is 12.1 Å². The van der Waals surface area contributed by atoms with E-state index in [9.17, 15) is 9.59 Å². The van der Waals surface area contributed by atoms with Gasteiger partial charge < -0.3 is 9.90 Å². The fourth-order valence-corrected chi connectivity index (χ4v) is 1.15. The van der Waals surface area contributed by atoms with Crippen LogP contribution in [0.5, 0.6) is 0 Å². The number of aldehydes is 1. The molecule has 0 unspecified atom stereocenters. The maximum absolute atomic E-state index is 10.8. The lowest BCUT2D eigenvalue weighted by Gasteiger charge is -1.99. The predicted octanol–water partition coefficient (Wildman–Crippen LogP) is 2.04. The Morgan fingerprint density at radius 2 is 2.27 bits per heavy atom. The quantitative estimate of drug-likeness (QED) is 0.629. The van der Waals surface area contributed by atoms with Crippen molar-refractivity contribution < 1.29 is 14.7 Å². The molecule has 0 amide bonds. The van der Waals surface area contributed by atoms with Crippen molar-refractivity contribution in [1.29, 1.82) is 0 Å². The number of hydrogen-bond acceptors (Lipinski definition) is 3. The first kappa shape index (κ1) is 11.4. The molecule has 1 rings (SSSR count). The predicted molar refractivity (Wildman–Crippen MR) is 55.9 cm³/mol. The Kier molecular flexibility index (Phi) is 4.00. The highest BCUT2D eigenvalue weighted by Gasteiger charge is 2.09. The molecule has 1 aromatic heterocycles. The maximum atomic E-state index is 10.8. The number of nitrogens with zero attached hydrogens (tertiary/aromatic N) is 1. The molecule has 0 saturated heterocycles. The number of carboxylic acid groups (broad SMARTS) is 1. The molecule has 0 aliphatic carbocycles. The van der Waals surface area contributed by atoms with E-state index >= 15 is 0 Å². The van der Waals surface area contributed by atoms with Gasteiger partial charge in [-0.3, -0.25) is 0 Å². The van der Waals surface area contributed by atoms with Crippen LogP contribution in [-0.4, -0.2) is 22.3 Å². The molecule has 78 valence electrons. The Morgan fingerprint density at radius 1 is 1.53 bits per heavy atom. The second-order valence-electron chi connectivity index (χ2n) is 2.68. The Labute approximate surface area is 91.2 Å². The maximum Gasteiger partial charge on any atom is 0.355 e. The number of carbonyl (C=O) groups excluding carboxylic acids is 1. The van der Waals surface area contributed by atoms with Gasteiger partial charge in [-0.05, 0) is 12.1 Å². The van der Waals surface area contributed by atoms with Gasteiger partial charge in [-0.25, -0.2) is 9.78 Å². The van der Waals surface area contributed by atoms with Crippen LogP contribution in [0.3, 0.4) is 0 Å². The van der Waals surface area contributed by atoms with Gasteiger partial charge in [0.25, 0.3) is 0 Å². The van der Waals surface area contributed by atoms with Gasteiger partial charge in [-0.15, -0.1) is 0 Å². The summed E-state index contributed by atoms with van der Waals surface area (Å²) in [4.78, 5) is 24.5. The van der Waals surface area contributed by atoms with Crippen molar-refractivity contribution in [2.24, 2.45) is 0 Å². The first-order valence-electron chi connectivity index (χ1n) is 4.15. The van der Waals surface area contributed by atoms with Crippen LogP contribution in [0.2, 0.25) is 5.15 Å². The average Bonchev–Trinajstić information content (AvgIpc) is 2.20. The molecular formula is C10H8ClNO3. The van der Waals surface area contributed by atoms with Crippen molar-refractivity contribution in [3.63, 3.8) is 0 Å². The summed E-state index contributed by atoms with van der Waals surface area (Å²) < 4.78 is 0. The van der Waals surface area contributed by atoms with Crippen molar-refractivity contribution in [1.82, 2.24) is 4.98 Å². The topological polar surface area (TPSA) is 67.3 Å². The fourth-order valence-electron chi connectivity index (χ4n) is 1.00. The average molecular weight is 226 g/mol. The van der Waals surface area contributed by atoms with Gasteiger partial charge in [-0.2, -0.15) is 0 Å². The van der Waals surface area contributed by atoms with E-state index in [0.29, 0.717) is 5.56 Å². The number of hydrogen-bond donors (Lipinski definition) is 1. The van der Waals surface area contributed by atoms with Crippen LogP contribution >= 0.6 is 11.6 Å². The number of aromatic carboxylic acids is 1. The van der Waals surface area contributed by atoms with Crippen LogP contribution in [0.15, 0.2) is 18.2 Å². The van der Waals surface area contributed by atoms with Crippen LogP contribution in [0.4, 0.5) is 0 Å². The molecule has 15 heavy (non-hydrogen) atoms. The fraction of sp³-hybridized carbons (Fsp3) is 0.100. The molecule has 0 atom stereocenters. The summed E-state index contributed by atoms with van der Waals surface area (Å²) in [6, 6.07) is 3.04. The Balaban J connectivity index is 3.05. The molecule has 0 saturated carbocycles. The number of allylic oxidation sites excluding steroid dienone is 1. The normalized spacial score (nSPS) is 10.5. The van der Waals surface area contributed by atoms with E-state index in [2.05, 4.69) is 4.98 Å². The molecule has 0 aromatic carbocycles. The Hall–Kier alpha value is -1.68. The number of halogens is 1. The third-order valence-electron chi connectivity index (χ3n) is 1.62. The molecule has 0 aliphatic rings. The highest BCUT2D eigenvalue weighted by atomic mass is 35.5. The Morgan fingerprint density at radius 3 is 2.87 bits per heavy atom. The van der Waals surface area contributed by atoms with Crippen molar-refractivity contribution in [2.45, 2.75) is 6.42 Å². The van der Waals surface area contributed by atoms with Gasteiger partial charge in [-0.1, -0.05) is 23.8 Å². The first-order valence-corrected chi connectivity index (χ1v) is 4.53. The molecule has 1 N–H and O–H groups in total. The minimum absolute atomic E-state index is 0.121. The number of aromatic nitrogens is 1. The Bertz CT molecular complexity index is 415. The van der Waals surface area contributed by atoms with Crippen molar-refractivity contribution in [2.75, 3.05) is 0 Å². The van der Waals surface area contributed by atoms with E-state index in [0.717, 1.165) is 6.29 Å². The zero-order valence-electron chi connectivity index (χ0n) is 7.68. The molecule has 1 heterocycles. The van der Waals surface area contributed by atoms with E-state index in [-0.39, 0.29) is 17.3 Å². The van der Waals surface area contributed by atoms with Gasteiger partial charge in [0, 0.05) is 12.0 Å². The molecule has 0 aliphatic heterocycles. The first-order chi connectivity index (χ1) is 7.15. The lowest BCUT2D eigenvalue weighted by Crippen LogP contribution is -2.03. The van der Waals surface area contributed by atoms with Crippen molar-refractivity contribution in [3.8, 4) is 0 Å². The van der Waals surface area contributed by atoms with Crippen LogP contribution in [0, 0.1) is 0 Å². The standard InChI is InChI=1S/C10H8ClNO3/c11-8-5-4-7(3-1-2-6-13)9(12-8)10(14)15/h1,3-6H,2H2,(H,14,15). The van der Waals surface area contributed by atoms with Gasteiger partial charge in [0.15, 0.2) is 5.69 Å². The number of pyridine rings is 1. The van der Waals surface area contributed by atoms with Gasteiger partial charge in [0.2, 0.25) is 0 Å². The SMILES string of the molecule is O=CCC=Cc1ccc(Cl)nc1C(=O)O. The minimum atomic E-state index is -1.15. The molecular weight excluding hydrogens is 218 g/mol. The summed E-state index contributed by atoms with van der Waals surface area (Å²) in [5, 5.41) is 8.95. The van der Waals surface area contributed by atoms with Gasteiger partial charge in [0.1, 0.15) is 11.4 Å². The van der Waals surface area contributed by atoms with E-state index < -0.39 is 5.97 Å². The van der Waals surface area contributed by atoms with Crippen LogP contribution < -0.4 is 0 Å². The van der Waals surface area contributed by atoms with Crippen LogP contribution in [0.1, 0.15) is 22.5 Å². The van der Waals surface area contributed by atoms with Crippen LogP contribution in [0.25, 0.3) is 6.08 Å². The zero-order chi connectivity index (χ0) is 11.3. The second kappa shape index (κ2) is 5.26. The molecule has 0 radical (unpaired) electrons. The zero-order valence-corrected chi connectivity index (χ0v) is 8.44. The lowest BCUT2D eigenvalue weighted by atomic mass is 10.1. The van der Waals surface area contributed by atoms with E-state index in [4.69, 9.17) is 16.7 Å². The van der Waals surface area contributed by atoms with Gasteiger partial charge in [0.05, 0.1) is 0 Å².